The van der Waals surface area contributed by atoms with E-state index >= 15 is 0 Å². The van der Waals surface area contributed by atoms with Gasteiger partial charge in [0.15, 0.2) is 0 Å². The second kappa shape index (κ2) is 7.84. The molecule has 1 N–H and O–H groups in total. The summed E-state index contributed by atoms with van der Waals surface area (Å²) in [5.74, 6) is 2.67. The van der Waals surface area contributed by atoms with Crippen LogP contribution in [-0.2, 0) is 0 Å². The zero-order valence-electron chi connectivity index (χ0n) is 9.82. The van der Waals surface area contributed by atoms with Crippen molar-refractivity contribution in [2.24, 2.45) is 0 Å². The van der Waals surface area contributed by atoms with Crippen molar-refractivity contribution in [1.82, 2.24) is 15.3 Å². The van der Waals surface area contributed by atoms with E-state index < -0.39 is 0 Å². The summed E-state index contributed by atoms with van der Waals surface area (Å²) >= 11 is 0. The first-order chi connectivity index (χ1) is 7.88. The summed E-state index contributed by atoms with van der Waals surface area (Å²) in [6.45, 7) is 3.16. The fourth-order valence-corrected chi connectivity index (χ4v) is 1.59. The summed E-state index contributed by atoms with van der Waals surface area (Å²) in [6.07, 6.45) is 12.6. The maximum absolute atomic E-state index is 5.26. The second-order valence-corrected chi connectivity index (χ2v) is 3.74. The Bertz CT molecular complexity index is 316. The molecular formula is C13H19N3. The van der Waals surface area contributed by atoms with Crippen LogP contribution < -0.4 is 5.32 Å². The Morgan fingerprint density at radius 1 is 1.56 bits per heavy atom. The first-order valence-corrected chi connectivity index (χ1v) is 5.81. The summed E-state index contributed by atoms with van der Waals surface area (Å²) in [7, 11) is 0. The number of rotatable bonds is 7. The van der Waals surface area contributed by atoms with Gasteiger partial charge in [-0.2, -0.15) is 0 Å². The van der Waals surface area contributed by atoms with Gasteiger partial charge in [0.05, 0.1) is 5.69 Å². The van der Waals surface area contributed by atoms with Crippen LogP contribution in [0.25, 0.3) is 0 Å². The van der Waals surface area contributed by atoms with Gasteiger partial charge in [-0.15, -0.1) is 12.3 Å². The number of terminal acetylenes is 1. The SMILES string of the molecule is C#CCCCC(NCCC)c1ccncn1. The van der Waals surface area contributed by atoms with E-state index in [0.29, 0.717) is 6.04 Å². The minimum Gasteiger partial charge on any atom is -0.309 e. The van der Waals surface area contributed by atoms with Gasteiger partial charge >= 0.3 is 0 Å². The fourth-order valence-electron chi connectivity index (χ4n) is 1.59. The number of unbranched alkanes of at least 4 members (excludes halogenated alkanes) is 1. The molecule has 0 bridgehead atoms. The highest BCUT2D eigenvalue weighted by Crippen LogP contribution is 2.16. The zero-order chi connectivity index (χ0) is 11.6. The molecule has 0 saturated heterocycles. The van der Waals surface area contributed by atoms with Crippen molar-refractivity contribution in [1.29, 1.82) is 0 Å². The van der Waals surface area contributed by atoms with E-state index in [1.165, 1.54) is 0 Å². The second-order valence-electron chi connectivity index (χ2n) is 3.74. The Kier molecular flexibility index (Phi) is 6.20. The molecule has 0 aliphatic carbocycles. The van der Waals surface area contributed by atoms with Gasteiger partial charge in [0.2, 0.25) is 0 Å². The lowest BCUT2D eigenvalue weighted by Crippen LogP contribution is -2.23. The Hall–Kier alpha value is -1.40. The molecule has 0 aliphatic rings. The van der Waals surface area contributed by atoms with Crippen LogP contribution in [0.3, 0.4) is 0 Å². The third kappa shape index (κ3) is 4.41. The largest absolute Gasteiger partial charge is 0.309 e. The van der Waals surface area contributed by atoms with Crippen LogP contribution in [0.4, 0.5) is 0 Å². The first kappa shape index (κ1) is 12.7. The lowest BCUT2D eigenvalue weighted by molar-refractivity contribution is 0.477. The molecule has 0 spiro atoms. The van der Waals surface area contributed by atoms with Gasteiger partial charge in [-0.3, -0.25) is 0 Å². The van der Waals surface area contributed by atoms with E-state index in [1.54, 1.807) is 12.5 Å². The summed E-state index contributed by atoms with van der Waals surface area (Å²) in [6, 6.07) is 2.26. The summed E-state index contributed by atoms with van der Waals surface area (Å²) in [5, 5.41) is 3.49. The monoisotopic (exact) mass is 217 g/mol. The lowest BCUT2D eigenvalue weighted by atomic mass is 10.1. The highest BCUT2D eigenvalue weighted by molar-refractivity contribution is 5.04. The highest BCUT2D eigenvalue weighted by Gasteiger charge is 2.10. The molecule has 1 atom stereocenters. The lowest BCUT2D eigenvalue weighted by Gasteiger charge is -2.17. The quantitative estimate of drug-likeness (QED) is 0.562. The van der Waals surface area contributed by atoms with Crippen molar-refractivity contribution in [2.75, 3.05) is 6.54 Å². The Labute approximate surface area is 97.7 Å². The van der Waals surface area contributed by atoms with Gasteiger partial charge in [-0.1, -0.05) is 6.92 Å². The number of hydrogen-bond donors (Lipinski definition) is 1. The summed E-state index contributed by atoms with van der Waals surface area (Å²) in [4.78, 5) is 8.22. The van der Waals surface area contributed by atoms with Gasteiger partial charge in [0.1, 0.15) is 6.33 Å². The Morgan fingerprint density at radius 2 is 2.44 bits per heavy atom. The van der Waals surface area contributed by atoms with E-state index in [4.69, 9.17) is 6.42 Å². The van der Waals surface area contributed by atoms with Crippen molar-refractivity contribution in [2.45, 2.75) is 38.6 Å². The van der Waals surface area contributed by atoms with Crippen LogP contribution in [0, 0.1) is 12.3 Å². The molecule has 0 fully saturated rings. The van der Waals surface area contributed by atoms with Crippen molar-refractivity contribution in [3.8, 4) is 12.3 Å². The third-order valence-corrected chi connectivity index (χ3v) is 2.42. The molecule has 1 aromatic heterocycles. The van der Waals surface area contributed by atoms with Gasteiger partial charge in [-0.25, -0.2) is 9.97 Å². The molecule has 86 valence electrons. The molecule has 3 heteroatoms. The summed E-state index contributed by atoms with van der Waals surface area (Å²) in [5.41, 5.74) is 1.06. The van der Waals surface area contributed by atoms with Gasteiger partial charge in [0.25, 0.3) is 0 Å². The predicted octanol–water partition coefficient (Wildman–Crippen LogP) is 2.32. The van der Waals surface area contributed by atoms with Gasteiger partial charge < -0.3 is 5.32 Å². The number of aromatic nitrogens is 2. The van der Waals surface area contributed by atoms with Crippen molar-refractivity contribution in [3.05, 3.63) is 24.3 Å². The van der Waals surface area contributed by atoms with Crippen LogP contribution in [0.2, 0.25) is 0 Å². The fraction of sp³-hybridized carbons (Fsp3) is 0.538. The third-order valence-electron chi connectivity index (χ3n) is 2.42. The average molecular weight is 217 g/mol. The van der Waals surface area contributed by atoms with Crippen molar-refractivity contribution in [3.63, 3.8) is 0 Å². The first-order valence-electron chi connectivity index (χ1n) is 5.81. The van der Waals surface area contributed by atoms with E-state index in [0.717, 1.165) is 37.9 Å². The zero-order valence-corrected chi connectivity index (χ0v) is 9.82. The molecule has 1 aromatic rings. The van der Waals surface area contributed by atoms with E-state index in [-0.39, 0.29) is 0 Å². The Morgan fingerprint density at radius 3 is 3.06 bits per heavy atom. The summed E-state index contributed by atoms with van der Waals surface area (Å²) < 4.78 is 0. The molecule has 0 radical (unpaired) electrons. The maximum Gasteiger partial charge on any atom is 0.115 e. The standard InChI is InChI=1S/C13H19N3/c1-3-5-6-7-12(15-9-4-2)13-8-10-14-11-16-13/h1,8,10-12,15H,4-7,9H2,2H3. The molecule has 0 aromatic carbocycles. The highest BCUT2D eigenvalue weighted by atomic mass is 14.9. The molecule has 1 rings (SSSR count). The molecule has 0 aliphatic heterocycles. The number of nitrogens with zero attached hydrogens (tertiary/aromatic N) is 2. The van der Waals surface area contributed by atoms with Crippen LogP contribution >= 0.6 is 0 Å². The molecular weight excluding hydrogens is 198 g/mol. The van der Waals surface area contributed by atoms with Crippen LogP contribution in [0.15, 0.2) is 18.6 Å². The molecule has 0 amide bonds. The predicted molar refractivity (Wildman–Crippen MR) is 65.8 cm³/mol. The minimum atomic E-state index is 0.302. The van der Waals surface area contributed by atoms with E-state index in [2.05, 4.69) is 28.1 Å². The van der Waals surface area contributed by atoms with Crippen LogP contribution in [0.1, 0.15) is 44.3 Å². The molecule has 16 heavy (non-hydrogen) atoms. The van der Waals surface area contributed by atoms with Crippen molar-refractivity contribution >= 4 is 0 Å². The van der Waals surface area contributed by atoms with E-state index in [9.17, 15) is 0 Å². The van der Waals surface area contributed by atoms with Crippen LogP contribution in [-0.4, -0.2) is 16.5 Å². The molecule has 1 unspecified atom stereocenters. The van der Waals surface area contributed by atoms with Gasteiger partial charge in [0, 0.05) is 18.7 Å². The topological polar surface area (TPSA) is 37.8 Å². The Balaban J connectivity index is 2.53. The molecule has 3 nitrogen and oxygen atoms in total. The van der Waals surface area contributed by atoms with E-state index in [1.807, 2.05) is 6.07 Å². The minimum absolute atomic E-state index is 0.302. The van der Waals surface area contributed by atoms with Crippen LogP contribution in [0.5, 0.6) is 0 Å². The smallest absolute Gasteiger partial charge is 0.115 e. The molecule has 1 heterocycles. The van der Waals surface area contributed by atoms with Crippen molar-refractivity contribution < 1.29 is 0 Å². The normalized spacial score (nSPS) is 12.0. The number of hydrogen-bond acceptors (Lipinski definition) is 3. The average Bonchev–Trinajstić information content (AvgIpc) is 2.35. The van der Waals surface area contributed by atoms with Gasteiger partial charge in [-0.05, 0) is 31.9 Å². The maximum atomic E-state index is 5.26. The number of nitrogens with one attached hydrogen (secondary N) is 1. The molecule has 0 saturated carbocycles.